The Hall–Kier alpha value is -1.26. The van der Waals surface area contributed by atoms with Crippen molar-refractivity contribution in [1.82, 2.24) is 10.2 Å². The highest BCUT2D eigenvalue weighted by atomic mass is 35.5. The van der Waals surface area contributed by atoms with E-state index in [1.807, 2.05) is 27.9 Å². The lowest BCUT2D eigenvalue weighted by atomic mass is 9.95. The summed E-state index contributed by atoms with van der Waals surface area (Å²) in [5.74, 6) is 0.344. The molecule has 1 amide bonds. The molecule has 4 nitrogen and oxygen atoms in total. The van der Waals surface area contributed by atoms with Gasteiger partial charge in [0.05, 0.1) is 11.5 Å². The molecule has 0 saturated carbocycles. The average molecular weight is 352 g/mol. The van der Waals surface area contributed by atoms with Gasteiger partial charge in [0.2, 0.25) is 5.91 Å². The lowest BCUT2D eigenvalue weighted by molar-refractivity contribution is -0.128. The quantitative estimate of drug-likeness (QED) is 0.766. The zero-order valence-electron chi connectivity index (χ0n) is 15.3. The maximum atomic E-state index is 12.4. The highest BCUT2D eigenvalue weighted by Crippen LogP contribution is 2.27. The van der Waals surface area contributed by atoms with Crippen LogP contribution < -0.4 is 10.2 Å². The first-order valence-corrected chi connectivity index (χ1v) is 9.24. The van der Waals surface area contributed by atoms with Gasteiger partial charge >= 0.3 is 0 Å². The van der Waals surface area contributed by atoms with Gasteiger partial charge in [0.1, 0.15) is 0 Å². The molecule has 0 aromatic heterocycles. The first-order chi connectivity index (χ1) is 11.3. The summed E-state index contributed by atoms with van der Waals surface area (Å²) < 4.78 is 0. The van der Waals surface area contributed by atoms with Crippen molar-refractivity contribution in [3.8, 4) is 0 Å². The summed E-state index contributed by atoms with van der Waals surface area (Å²) in [6.45, 7) is 6.57. The van der Waals surface area contributed by atoms with E-state index in [4.69, 9.17) is 11.6 Å². The van der Waals surface area contributed by atoms with E-state index in [9.17, 15) is 4.79 Å². The normalized spacial score (nSPS) is 16.9. The number of alkyl halides is 1. The first kappa shape index (κ1) is 19.1. The Morgan fingerprint density at radius 2 is 1.83 bits per heavy atom. The molecular weight excluding hydrogens is 322 g/mol. The van der Waals surface area contributed by atoms with Crippen LogP contribution in [-0.2, 0) is 4.79 Å². The monoisotopic (exact) mass is 351 g/mol. The number of carbonyl (C=O) groups excluding carboxylic acids is 1. The number of nitrogens with zero attached hydrogens (tertiary/aromatic N) is 2. The van der Waals surface area contributed by atoms with Gasteiger partial charge in [-0.3, -0.25) is 9.69 Å². The van der Waals surface area contributed by atoms with Crippen molar-refractivity contribution < 1.29 is 4.79 Å². The second-order valence-electron chi connectivity index (χ2n) is 7.47. The van der Waals surface area contributed by atoms with Gasteiger partial charge in [0.15, 0.2) is 0 Å². The molecule has 1 aliphatic rings. The fourth-order valence-corrected chi connectivity index (χ4v) is 3.12. The van der Waals surface area contributed by atoms with Crippen LogP contribution in [0.25, 0.3) is 0 Å². The molecule has 0 aliphatic carbocycles. The summed E-state index contributed by atoms with van der Waals surface area (Å²) in [5, 5.41) is 3.11. The van der Waals surface area contributed by atoms with E-state index in [2.05, 4.69) is 39.4 Å². The minimum Gasteiger partial charge on any atom is -0.378 e. The first-order valence-electron chi connectivity index (χ1n) is 8.71. The van der Waals surface area contributed by atoms with Gasteiger partial charge in [-0.15, -0.1) is 11.6 Å². The maximum Gasteiger partial charge on any atom is 0.226 e. The number of amides is 1. The van der Waals surface area contributed by atoms with E-state index >= 15 is 0 Å². The van der Waals surface area contributed by atoms with Crippen molar-refractivity contribution in [1.29, 1.82) is 0 Å². The van der Waals surface area contributed by atoms with Gasteiger partial charge in [-0.2, -0.15) is 0 Å². The van der Waals surface area contributed by atoms with Crippen molar-refractivity contribution in [3.05, 3.63) is 29.8 Å². The molecule has 0 radical (unpaired) electrons. The lowest BCUT2D eigenvalue weighted by Gasteiger charge is -2.30. The Kier molecular flexibility index (Phi) is 6.53. The van der Waals surface area contributed by atoms with E-state index in [1.54, 1.807) is 0 Å². The summed E-state index contributed by atoms with van der Waals surface area (Å²) in [6, 6.07) is 8.86. The maximum absolute atomic E-state index is 12.4. The molecule has 1 aromatic rings. The van der Waals surface area contributed by atoms with Crippen LogP contribution in [-0.4, -0.2) is 50.4 Å². The van der Waals surface area contributed by atoms with Crippen LogP contribution in [0.2, 0.25) is 0 Å². The van der Waals surface area contributed by atoms with E-state index in [0.29, 0.717) is 12.4 Å². The largest absolute Gasteiger partial charge is 0.378 e. The smallest absolute Gasteiger partial charge is 0.226 e. The van der Waals surface area contributed by atoms with Crippen LogP contribution >= 0.6 is 11.6 Å². The van der Waals surface area contributed by atoms with E-state index in [1.165, 1.54) is 24.1 Å². The zero-order chi connectivity index (χ0) is 17.7. The zero-order valence-corrected chi connectivity index (χ0v) is 16.1. The molecule has 0 unspecified atom stereocenters. The highest BCUT2D eigenvalue weighted by molar-refractivity contribution is 6.19. The predicted octanol–water partition coefficient (Wildman–Crippen LogP) is 3.27. The number of benzene rings is 1. The third-order valence-electron chi connectivity index (χ3n) is 4.78. The number of hydrogen-bond donors (Lipinski definition) is 1. The lowest BCUT2D eigenvalue weighted by Crippen LogP contribution is -2.43. The molecule has 134 valence electrons. The molecule has 5 heteroatoms. The molecule has 1 saturated heterocycles. The SMILES string of the molecule is CN(C)c1ccc([C@@H](CNC(=O)C(C)(C)CCl)N2CCCC2)cc1. The Morgan fingerprint density at radius 1 is 1.25 bits per heavy atom. The van der Waals surface area contributed by atoms with Crippen LogP contribution in [0.3, 0.4) is 0 Å². The standard InChI is InChI=1S/C19H30ClN3O/c1-19(2,14-20)18(24)21-13-17(23-11-5-6-12-23)15-7-9-16(10-8-15)22(3)4/h7-10,17H,5-6,11-14H2,1-4H3,(H,21,24)/t17-/m1/s1. The molecule has 1 aromatic carbocycles. The Bertz CT molecular complexity index is 536. The second-order valence-corrected chi connectivity index (χ2v) is 7.74. The van der Waals surface area contributed by atoms with E-state index < -0.39 is 5.41 Å². The third kappa shape index (κ3) is 4.64. The van der Waals surface area contributed by atoms with Gasteiger partial charge in [-0.1, -0.05) is 12.1 Å². The number of anilines is 1. The minimum atomic E-state index is -0.536. The number of nitrogens with one attached hydrogen (secondary N) is 1. The van der Waals surface area contributed by atoms with Gasteiger partial charge < -0.3 is 10.2 Å². The highest BCUT2D eigenvalue weighted by Gasteiger charge is 2.29. The molecule has 0 spiro atoms. The number of carbonyl (C=O) groups is 1. The minimum absolute atomic E-state index is 0.0200. The van der Waals surface area contributed by atoms with Crippen molar-refractivity contribution in [2.24, 2.45) is 5.41 Å². The van der Waals surface area contributed by atoms with Crippen LogP contribution in [0.1, 0.15) is 38.3 Å². The van der Waals surface area contributed by atoms with Crippen LogP contribution in [0.4, 0.5) is 5.69 Å². The summed E-state index contributed by atoms with van der Waals surface area (Å²) in [6.07, 6.45) is 2.46. The summed E-state index contributed by atoms with van der Waals surface area (Å²) >= 11 is 5.92. The molecule has 1 atom stereocenters. The summed E-state index contributed by atoms with van der Waals surface area (Å²) in [4.78, 5) is 16.9. The summed E-state index contributed by atoms with van der Waals surface area (Å²) in [7, 11) is 4.09. The van der Waals surface area contributed by atoms with Crippen LogP contribution in [0.15, 0.2) is 24.3 Å². The average Bonchev–Trinajstić information content (AvgIpc) is 3.09. The predicted molar refractivity (Wildman–Crippen MR) is 102 cm³/mol. The van der Waals surface area contributed by atoms with Crippen molar-refractivity contribution in [3.63, 3.8) is 0 Å². The van der Waals surface area contributed by atoms with E-state index in [0.717, 1.165) is 13.1 Å². The molecule has 1 aliphatic heterocycles. The number of halogens is 1. The molecule has 1 N–H and O–H groups in total. The second kappa shape index (κ2) is 8.21. The van der Waals surface area contributed by atoms with Crippen LogP contribution in [0, 0.1) is 5.41 Å². The fraction of sp³-hybridized carbons (Fsp3) is 0.632. The molecule has 1 heterocycles. The third-order valence-corrected chi connectivity index (χ3v) is 5.45. The Labute approximate surface area is 151 Å². The van der Waals surface area contributed by atoms with Gasteiger partial charge in [0, 0.05) is 32.2 Å². The Morgan fingerprint density at radius 3 is 2.33 bits per heavy atom. The molecule has 2 rings (SSSR count). The molecule has 24 heavy (non-hydrogen) atoms. The van der Waals surface area contributed by atoms with Gasteiger partial charge in [0.25, 0.3) is 0 Å². The van der Waals surface area contributed by atoms with Crippen molar-refractivity contribution >= 4 is 23.2 Å². The summed E-state index contributed by atoms with van der Waals surface area (Å²) in [5.41, 5.74) is 1.91. The van der Waals surface area contributed by atoms with Crippen molar-refractivity contribution in [2.75, 3.05) is 44.5 Å². The number of hydrogen-bond acceptors (Lipinski definition) is 3. The number of likely N-dealkylation sites (tertiary alicyclic amines) is 1. The Balaban J connectivity index is 2.11. The van der Waals surface area contributed by atoms with Gasteiger partial charge in [-0.05, 0) is 57.5 Å². The topological polar surface area (TPSA) is 35.6 Å². The van der Waals surface area contributed by atoms with Crippen molar-refractivity contribution in [2.45, 2.75) is 32.7 Å². The van der Waals surface area contributed by atoms with E-state index in [-0.39, 0.29) is 11.9 Å². The molecular formula is C19H30ClN3O. The number of rotatable bonds is 7. The molecule has 1 fully saturated rings. The van der Waals surface area contributed by atoms with Gasteiger partial charge in [-0.25, -0.2) is 0 Å². The molecule has 0 bridgehead atoms. The van der Waals surface area contributed by atoms with Crippen LogP contribution in [0.5, 0.6) is 0 Å². The fourth-order valence-electron chi connectivity index (χ4n) is 2.99.